The van der Waals surface area contributed by atoms with Gasteiger partial charge in [-0.25, -0.2) is 28.4 Å². The minimum atomic E-state index is -5.09. The third-order valence-electron chi connectivity index (χ3n) is 9.41. The van der Waals surface area contributed by atoms with Gasteiger partial charge in [0, 0.05) is 26.2 Å². The van der Waals surface area contributed by atoms with E-state index in [9.17, 15) is 25.9 Å². The van der Waals surface area contributed by atoms with Gasteiger partial charge in [0.25, 0.3) is 10.1 Å². The van der Waals surface area contributed by atoms with Gasteiger partial charge in [-0.3, -0.25) is 24.5 Å². The van der Waals surface area contributed by atoms with Crippen LogP contribution in [-0.2, 0) is 29.7 Å². The summed E-state index contributed by atoms with van der Waals surface area (Å²) in [5, 5.41) is 0. The van der Waals surface area contributed by atoms with Gasteiger partial charge in [-0.05, 0) is 59.7 Å². The summed E-state index contributed by atoms with van der Waals surface area (Å²) < 4.78 is 84.6. The van der Waals surface area contributed by atoms with Crippen LogP contribution in [-0.4, -0.2) is 108 Å². The molecule has 4 aromatic carbocycles. The van der Waals surface area contributed by atoms with Crippen molar-refractivity contribution in [1.82, 2.24) is 29.9 Å². The molecular weight excluding hydrogens is 880 g/mol. The quantitative estimate of drug-likeness (QED) is 0.0675. The first kappa shape index (κ1) is 45.8. The van der Waals surface area contributed by atoms with Crippen LogP contribution in [0.15, 0.2) is 127 Å². The van der Waals surface area contributed by atoms with Crippen molar-refractivity contribution in [3.05, 3.63) is 131 Å². The largest absolute Gasteiger partial charge is 1.00 e. The number of nitrogens with one attached hydrogen (secondary N) is 4. The van der Waals surface area contributed by atoms with Crippen LogP contribution < -0.4 is 83.7 Å². The zero-order valence-electron chi connectivity index (χ0n) is 33.7. The maximum absolute atomic E-state index is 12.7. The van der Waals surface area contributed by atoms with E-state index in [0.717, 1.165) is 12.1 Å². The Morgan fingerprint density at radius 2 is 0.984 bits per heavy atom. The van der Waals surface area contributed by atoms with Crippen molar-refractivity contribution in [2.24, 2.45) is 20.0 Å². The fourth-order valence-electron chi connectivity index (χ4n) is 6.45. The Labute approximate surface area is 402 Å². The van der Waals surface area contributed by atoms with Crippen LogP contribution >= 0.6 is 0 Å². The number of hydrogen-bond donors (Lipinski definition) is 5. The molecule has 20 nitrogen and oxygen atoms in total. The Balaban J connectivity index is 0.00000595. The van der Waals surface area contributed by atoms with E-state index in [1.54, 1.807) is 12.1 Å². The van der Waals surface area contributed by atoms with Gasteiger partial charge in [0.2, 0.25) is 34.4 Å². The van der Waals surface area contributed by atoms with Crippen LogP contribution in [0.25, 0.3) is 12.2 Å². The number of ether oxygens (including phenoxy) is 2. The number of aromatic nitrogens is 6. The van der Waals surface area contributed by atoms with Gasteiger partial charge >= 0.3 is 51.4 Å². The molecule has 2 fully saturated rings. The van der Waals surface area contributed by atoms with E-state index in [0.29, 0.717) is 75.9 Å². The summed E-state index contributed by atoms with van der Waals surface area (Å²) in [5.41, 5.74) is 2.21. The second kappa shape index (κ2) is 20.5. The Morgan fingerprint density at radius 3 is 1.40 bits per heavy atom. The van der Waals surface area contributed by atoms with Gasteiger partial charge in [0.05, 0.1) is 54.1 Å². The number of hydrogen-bond acceptors (Lipinski definition) is 15. The van der Waals surface area contributed by atoms with Crippen molar-refractivity contribution in [3.63, 3.8) is 0 Å². The van der Waals surface area contributed by atoms with Crippen LogP contribution in [0.1, 0.15) is 11.1 Å². The molecule has 2 saturated heterocycles. The Hall–Kier alpha value is -5.18. The van der Waals surface area contributed by atoms with E-state index in [2.05, 4.69) is 49.9 Å². The van der Waals surface area contributed by atoms with E-state index in [-0.39, 0.29) is 96.4 Å². The monoisotopic (exact) mass is 918 g/mol. The second-order valence-corrected chi connectivity index (χ2v) is 16.5. The number of H-pyrrole nitrogens is 4. The maximum Gasteiger partial charge on any atom is 1.00 e. The minimum absolute atomic E-state index is 0. The summed E-state index contributed by atoms with van der Waals surface area (Å²) in [4.78, 5) is 42.5. The van der Waals surface area contributed by atoms with E-state index >= 15 is 0 Å². The second-order valence-electron chi connectivity index (χ2n) is 13.7. The molecule has 23 heteroatoms. The molecule has 5 N–H and O–H groups in total. The van der Waals surface area contributed by atoms with Crippen LogP contribution in [0.3, 0.4) is 0 Å². The molecule has 0 spiro atoms. The van der Waals surface area contributed by atoms with Crippen LogP contribution in [0.4, 0.5) is 34.6 Å². The average Bonchev–Trinajstić information content (AvgIpc) is 3.27. The molecule has 320 valence electrons. The molecule has 0 bridgehead atoms. The maximum atomic E-state index is 12.7. The molecule has 0 saturated carbocycles. The molecule has 63 heavy (non-hydrogen) atoms. The third-order valence-corrected chi connectivity index (χ3v) is 11.2. The molecule has 2 aliphatic heterocycles. The normalized spacial score (nSPS) is 16.2. The summed E-state index contributed by atoms with van der Waals surface area (Å²) >= 11 is 0. The third kappa shape index (κ3) is 12.3. The van der Waals surface area contributed by atoms with Crippen LogP contribution in [0.2, 0.25) is 0 Å². The number of morpholine rings is 2. The summed E-state index contributed by atoms with van der Waals surface area (Å²) in [6, 6.07) is 26.3. The SMILES string of the molecule is O=S(=O)([O-])c1cc(N=c2[nH]c(N3CCOCC3)nc(=Nc3ccccc3)[nH]2)ccc1/C=C/c1ccc(N=c2[nH]c(N3CCOCC3)nc(=Nc3ccccc3)[nH]2)cc1S(=O)(=O)O.[K+]. The molecular formula is C40H39KN12O8S2. The minimum Gasteiger partial charge on any atom is -0.744 e. The van der Waals surface area contributed by atoms with E-state index in [4.69, 9.17) is 9.47 Å². The van der Waals surface area contributed by atoms with Gasteiger partial charge < -0.3 is 23.8 Å². The molecule has 2 aromatic heterocycles. The van der Waals surface area contributed by atoms with Gasteiger partial charge in [0.1, 0.15) is 15.0 Å². The number of anilines is 2. The Kier molecular flexibility index (Phi) is 14.9. The van der Waals surface area contributed by atoms with E-state index in [1.807, 2.05) is 58.3 Å². The zero-order valence-corrected chi connectivity index (χ0v) is 38.5. The summed E-state index contributed by atoms with van der Waals surface area (Å²) in [6.07, 6.45) is 2.52. The molecule has 0 atom stereocenters. The van der Waals surface area contributed by atoms with Crippen molar-refractivity contribution in [2.75, 3.05) is 62.4 Å². The molecule has 0 amide bonds. The predicted octanol–water partition coefficient (Wildman–Crippen LogP) is -0.283. The topological polar surface area (TPSA) is 275 Å². The van der Waals surface area contributed by atoms with Gasteiger partial charge in [-0.15, -0.1) is 0 Å². The number of aromatic amines is 4. The van der Waals surface area contributed by atoms with Crippen LogP contribution in [0, 0.1) is 0 Å². The number of rotatable bonds is 10. The molecule has 2 aliphatic rings. The van der Waals surface area contributed by atoms with Crippen molar-refractivity contribution >= 4 is 67.0 Å². The van der Waals surface area contributed by atoms with Crippen molar-refractivity contribution < 1.29 is 86.8 Å². The molecule has 6 aromatic rings. The van der Waals surface area contributed by atoms with Crippen molar-refractivity contribution in [2.45, 2.75) is 9.79 Å². The Bertz CT molecular complexity index is 2920. The first-order valence-electron chi connectivity index (χ1n) is 19.2. The summed E-state index contributed by atoms with van der Waals surface area (Å²) in [7, 11) is -9.94. The summed E-state index contributed by atoms with van der Waals surface area (Å²) in [6.45, 7) is 4.19. The van der Waals surface area contributed by atoms with Crippen LogP contribution in [0.5, 0.6) is 0 Å². The zero-order chi connectivity index (χ0) is 43.1. The van der Waals surface area contributed by atoms with E-state index in [1.165, 1.54) is 36.4 Å². The first-order valence-corrected chi connectivity index (χ1v) is 22.0. The first-order chi connectivity index (χ1) is 29.9. The average molecular weight is 919 g/mol. The molecule has 8 rings (SSSR count). The Morgan fingerprint density at radius 1 is 0.571 bits per heavy atom. The van der Waals surface area contributed by atoms with Gasteiger partial charge in [0.15, 0.2) is 0 Å². The van der Waals surface area contributed by atoms with Gasteiger partial charge in [-0.2, -0.15) is 18.4 Å². The smallest absolute Gasteiger partial charge is 0.744 e. The molecule has 0 unspecified atom stereocenters. The predicted molar refractivity (Wildman–Crippen MR) is 225 cm³/mol. The number of benzene rings is 4. The molecule has 0 aliphatic carbocycles. The standard InChI is InChI=1S/C40H40N12O8S2.K/c53-61(54,55)33-25-31(43-37-45-35(41-29-7-3-1-4-8-29)47-39(49-37)51-17-21-59-22-18-51)15-13-27(33)11-12-28-14-16-32(26-34(28)62(56,57)58)44-38-46-36(42-30-9-5-2-6-10-30)48-40(50-38)52-19-23-60-24-20-52;/h1-16,25-26H,17-24H2,(H,53,54,55)(H,56,57,58)(H2,41,43,45,47,49)(H2,42,44,46,48,50);/q;+1/p-1/b12-11+;. The fraction of sp³-hybridized carbons (Fsp3) is 0.200. The van der Waals surface area contributed by atoms with Crippen molar-refractivity contribution in [3.8, 4) is 0 Å². The molecule has 0 radical (unpaired) electrons. The van der Waals surface area contributed by atoms with E-state index < -0.39 is 30.0 Å². The van der Waals surface area contributed by atoms with Gasteiger partial charge in [-0.1, -0.05) is 60.7 Å². The number of nitrogens with zero attached hydrogens (tertiary/aromatic N) is 8. The molecule has 4 heterocycles. The number of para-hydroxylation sites is 2. The fourth-order valence-corrected chi connectivity index (χ4v) is 7.85. The van der Waals surface area contributed by atoms with Crippen molar-refractivity contribution in [1.29, 1.82) is 0 Å². The summed E-state index contributed by atoms with van der Waals surface area (Å²) in [5.74, 6) is 0.902.